The summed E-state index contributed by atoms with van der Waals surface area (Å²) >= 11 is 11.6. The molecule has 0 atom stereocenters. The molecular weight excluding hydrogens is 462 g/mol. The van der Waals surface area contributed by atoms with Crippen molar-refractivity contribution < 1.29 is 18.7 Å². The fourth-order valence-electron chi connectivity index (χ4n) is 3.17. The van der Waals surface area contributed by atoms with E-state index < -0.39 is 0 Å². The molecule has 0 aliphatic heterocycles. The van der Waals surface area contributed by atoms with Gasteiger partial charge >= 0.3 is 0 Å². The number of thiocarbonyl (C=S) groups is 1. The van der Waals surface area contributed by atoms with Gasteiger partial charge in [-0.15, -0.1) is 0 Å². The van der Waals surface area contributed by atoms with Gasteiger partial charge in [0.15, 0.2) is 10.9 Å². The number of amides is 1. The fourth-order valence-corrected chi connectivity index (χ4v) is 3.63. The Kier molecular flexibility index (Phi) is 6.67. The number of benzene rings is 3. The predicted octanol–water partition coefficient (Wildman–Crippen LogP) is 6.16. The molecule has 0 spiro atoms. The summed E-state index contributed by atoms with van der Waals surface area (Å²) in [5.41, 5.74) is 2.61. The van der Waals surface area contributed by atoms with Crippen LogP contribution in [0.1, 0.15) is 10.6 Å². The number of methoxy groups -OCH3 is 2. The maximum Gasteiger partial charge on any atom is 0.291 e. The molecule has 0 saturated carbocycles. The summed E-state index contributed by atoms with van der Waals surface area (Å²) in [6, 6.07) is 19.6. The van der Waals surface area contributed by atoms with Gasteiger partial charge in [0.2, 0.25) is 0 Å². The van der Waals surface area contributed by atoms with Crippen LogP contribution in [0, 0.1) is 0 Å². The molecule has 4 aromatic rings. The van der Waals surface area contributed by atoms with Crippen molar-refractivity contribution in [3.8, 4) is 11.5 Å². The Morgan fingerprint density at radius 2 is 1.55 bits per heavy atom. The first-order chi connectivity index (χ1) is 16.0. The molecule has 0 aliphatic carbocycles. The zero-order chi connectivity index (χ0) is 23.4. The second-order valence-corrected chi connectivity index (χ2v) is 7.76. The summed E-state index contributed by atoms with van der Waals surface area (Å²) in [5, 5.41) is 10.6. The number of halogens is 1. The first kappa shape index (κ1) is 22.4. The third-order valence-corrected chi connectivity index (χ3v) is 5.27. The van der Waals surface area contributed by atoms with Gasteiger partial charge in [0, 0.05) is 22.8 Å². The van der Waals surface area contributed by atoms with Gasteiger partial charge in [0.25, 0.3) is 5.91 Å². The van der Waals surface area contributed by atoms with E-state index in [4.69, 9.17) is 37.7 Å². The van der Waals surface area contributed by atoms with Crippen LogP contribution in [0.15, 0.2) is 71.1 Å². The van der Waals surface area contributed by atoms with Crippen LogP contribution in [0.3, 0.4) is 0 Å². The molecule has 0 radical (unpaired) electrons. The van der Waals surface area contributed by atoms with Crippen molar-refractivity contribution in [1.29, 1.82) is 0 Å². The van der Waals surface area contributed by atoms with Crippen LogP contribution in [0.4, 0.5) is 17.1 Å². The molecular formula is C24H20ClN3O4S. The van der Waals surface area contributed by atoms with Crippen molar-refractivity contribution in [2.24, 2.45) is 0 Å². The van der Waals surface area contributed by atoms with Gasteiger partial charge in [0.05, 0.1) is 24.9 Å². The number of hydrogen-bond acceptors (Lipinski definition) is 5. The van der Waals surface area contributed by atoms with Crippen LogP contribution in [0.25, 0.3) is 11.0 Å². The first-order valence-corrected chi connectivity index (χ1v) is 10.6. The molecule has 1 heterocycles. The molecule has 1 amide bonds. The van der Waals surface area contributed by atoms with Crippen molar-refractivity contribution in [2.75, 3.05) is 30.2 Å². The Labute approximate surface area is 200 Å². The molecule has 3 aromatic carbocycles. The van der Waals surface area contributed by atoms with Crippen LogP contribution in [0.2, 0.25) is 5.02 Å². The smallest absolute Gasteiger partial charge is 0.291 e. The zero-order valence-corrected chi connectivity index (χ0v) is 19.3. The Bertz CT molecular complexity index is 1290. The number of anilines is 3. The lowest BCUT2D eigenvalue weighted by atomic mass is 10.2. The summed E-state index contributed by atoms with van der Waals surface area (Å²) < 4.78 is 16.2. The average molecular weight is 482 g/mol. The lowest BCUT2D eigenvalue weighted by Crippen LogP contribution is -2.19. The number of para-hydroxylation sites is 1. The van der Waals surface area contributed by atoms with Crippen molar-refractivity contribution in [3.05, 3.63) is 77.5 Å². The molecule has 4 rings (SSSR count). The molecule has 0 saturated heterocycles. The number of hydrogen-bond donors (Lipinski definition) is 3. The number of furan rings is 1. The lowest BCUT2D eigenvalue weighted by molar-refractivity contribution is 0.0998. The SMILES string of the molecule is COc1cc(OC)c(NC(=S)Nc2ccc(NC(=O)c3cc4ccccc4o3)cc2)cc1Cl. The van der Waals surface area contributed by atoms with Gasteiger partial charge in [-0.25, -0.2) is 0 Å². The summed E-state index contributed by atoms with van der Waals surface area (Å²) in [6.45, 7) is 0. The standard InChI is InChI=1S/C24H20ClN3O4S/c1-30-20-13-21(31-2)18(12-17(20)25)28-24(33)27-16-9-7-15(8-10-16)26-23(29)22-11-14-5-3-4-6-19(14)32-22/h3-13H,1-2H3,(H,26,29)(H2,27,28,33). The molecule has 9 heteroatoms. The van der Waals surface area contributed by atoms with E-state index in [1.54, 1.807) is 49.6 Å². The molecule has 1 aromatic heterocycles. The minimum absolute atomic E-state index is 0.246. The van der Waals surface area contributed by atoms with E-state index in [2.05, 4.69) is 16.0 Å². The Balaban J connectivity index is 1.39. The number of carbonyl (C=O) groups is 1. The van der Waals surface area contributed by atoms with E-state index in [1.165, 1.54) is 7.11 Å². The maximum atomic E-state index is 12.5. The Morgan fingerprint density at radius 1 is 0.879 bits per heavy atom. The van der Waals surface area contributed by atoms with E-state index in [1.807, 2.05) is 24.3 Å². The van der Waals surface area contributed by atoms with Crippen molar-refractivity contribution in [2.45, 2.75) is 0 Å². The zero-order valence-electron chi connectivity index (χ0n) is 17.8. The fraction of sp³-hybridized carbons (Fsp3) is 0.0833. The number of rotatable bonds is 6. The molecule has 0 bridgehead atoms. The lowest BCUT2D eigenvalue weighted by Gasteiger charge is -2.15. The van der Waals surface area contributed by atoms with E-state index in [-0.39, 0.29) is 11.7 Å². The second kappa shape index (κ2) is 9.81. The monoisotopic (exact) mass is 481 g/mol. The normalized spacial score (nSPS) is 10.5. The number of ether oxygens (including phenoxy) is 2. The molecule has 0 fully saturated rings. The summed E-state index contributed by atoms with van der Waals surface area (Å²) in [4.78, 5) is 12.5. The van der Waals surface area contributed by atoms with E-state index in [0.717, 1.165) is 11.1 Å². The Morgan fingerprint density at radius 3 is 2.21 bits per heavy atom. The number of carbonyl (C=O) groups excluding carboxylic acids is 1. The van der Waals surface area contributed by atoms with Crippen LogP contribution in [-0.2, 0) is 0 Å². The van der Waals surface area contributed by atoms with Gasteiger partial charge < -0.3 is 29.8 Å². The van der Waals surface area contributed by atoms with E-state index >= 15 is 0 Å². The highest BCUT2D eigenvalue weighted by atomic mass is 35.5. The van der Waals surface area contributed by atoms with E-state index in [0.29, 0.717) is 38.6 Å². The van der Waals surface area contributed by atoms with Gasteiger partial charge in [0.1, 0.15) is 17.1 Å². The third kappa shape index (κ3) is 5.19. The maximum absolute atomic E-state index is 12.5. The van der Waals surface area contributed by atoms with Crippen LogP contribution >= 0.6 is 23.8 Å². The van der Waals surface area contributed by atoms with Crippen LogP contribution in [0.5, 0.6) is 11.5 Å². The minimum atomic E-state index is -0.326. The van der Waals surface area contributed by atoms with Crippen molar-refractivity contribution in [1.82, 2.24) is 0 Å². The van der Waals surface area contributed by atoms with E-state index in [9.17, 15) is 4.79 Å². The number of fused-ring (bicyclic) bond motifs is 1. The van der Waals surface area contributed by atoms with Crippen molar-refractivity contribution in [3.63, 3.8) is 0 Å². The summed E-state index contributed by atoms with van der Waals surface area (Å²) in [7, 11) is 3.07. The molecule has 3 N–H and O–H groups in total. The Hall–Kier alpha value is -3.75. The predicted molar refractivity (Wildman–Crippen MR) is 135 cm³/mol. The highest BCUT2D eigenvalue weighted by molar-refractivity contribution is 7.80. The van der Waals surface area contributed by atoms with Crippen LogP contribution < -0.4 is 25.4 Å². The number of nitrogens with one attached hydrogen (secondary N) is 3. The second-order valence-electron chi connectivity index (χ2n) is 6.95. The quantitative estimate of drug-likeness (QED) is 0.284. The van der Waals surface area contributed by atoms with Gasteiger partial charge in [-0.2, -0.15) is 0 Å². The van der Waals surface area contributed by atoms with Gasteiger partial charge in [-0.3, -0.25) is 4.79 Å². The van der Waals surface area contributed by atoms with Gasteiger partial charge in [-0.05, 0) is 54.7 Å². The van der Waals surface area contributed by atoms with Crippen LogP contribution in [-0.4, -0.2) is 25.2 Å². The third-order valence-electron chi connectivity index (χ3n) is 4.77. The first-order valence-electron chi connectivity index (χ1n) is 9.86. The summed E-state index contributed by atoms with van der Waals surface area (Å²) in [6.07, 6.45) is 0. The highest BCUT2D eigenvalue weighted by Crippen LogP contribution is 2.36. The summed E-state index contributed by atoms with van der Waals surface area (Å²) in [5.74, 6) is 0.950. The average Bonchev–Trinajstić information content (AvgIpc) is 3.25. The largest absolute Gasteiger partial charge is 0.495 e. The highest BCUT2D eigenvalue weighted by Gasteiger charge is 2.13. The van der Waals surface area contributed by atoms with Crippen molar-refractivity contribution >= 4 is 62.9 Å². The molecule has 0 aliphatic rings. The molecule has 7 nitrogen and oxygen atoms in total. The minimum Gasteiger partial charge on any atom is -0.495 e. The topological polar surface area (TPSA) is 84.8 Å². The van der Waals surface area contributed by atoms with Gasteiger partial charge in [-0.1, -0.05) is 29.8 Å². The molecule has 33 heavy (non-hydrogen) atoms. The molecule has 0 unspecified atom stereocenters. The molecule has 168 valence electrons.